The van der Waals surface area contributed by atoms with Crippen molar-refractivity contribution >= 4 is 21.6 Å². The van der Waals surface area contributed by atoms with E-state index in [0.717, 1.165) is 25.2 Å². The number of rotatable bonds is 2. The zero-order valence-corrected chi connectivity index (χ0v) is 11.8. The van der Waals surface area contributed by atoms with Gasteiger partial charge in [-0.3, -0.25) is 4.68 Å². The van der Waals surface area contributed by atoms with Gasteiger partial charge in [-0.15, -0.1) is 11.3 Å². The van der Waals surface area contributed by atoms with Gasteiger partial charge in [-0.1, -0.05) is 0 Å². The third-order valence-electron chi connectivity index (χ3n) is 3.90. The Morgan fingerprint density at radius 2 is 2.44 bits per heavy atom. The SMILES string of the molecule is Cc1nn(C)c2sc(C3CC(CN)CCN3)cc12. The third kappa shape index (κ3) is 1.96. The van der Waals surface area contributed by atoms with Gasteiger partial charge in [-0.2, -0.15) is 5.10 Å². The zero-order valence-electron chi connectivity index (χ0n) is 10.9. The van der Waals surface area contributed by atoms with E-state index in [1.54, 1.807) is 0 Å². The summed E-state index contributed by atoms with van der Waals surface area (Å²) in [6, 6.07) is 2.78. The fourth-order valence-corrected chi connectivity index (χ4v) is 4.03. The molecule has 0 bridgehead atoms. The topological polar surface area (TPSA) is 55.9 Å². The molecule has 0 saturated carbocycles. The number of aromatic nitrogens is 2. The van der Waals surface area contributed by atoms with E-state index in [-0.39, 0.29) is 0 Å². The largest absolute Gasteiger partial charge is 0.330 e. The summed E-state index contributed by atoms with van der Waals surface area (Å²) in [5.74, 6) is 0.667. The number of aryl methyl sites for hydroxylation is 2. The van der Waals surface area contributed by atoms with Gasteiger partial charge in [0.1, 0.15) is 4.83 Å². The van der Waals surface area contributed by atoms with Crippen molar-refractivity contribution in [1.82, 2.24) is 15.1 Å². The molecule has 0 radical (unpaired) electrons. The van der Waals surface area contributed by atoms with Crippen molar-refractivity contribution in [1.29, 1.82) is 0 Å². The van der Waals surface area contributed by atoms with Crippen LogP contribution in [0.1, 0.15) is 29.5 Å². The summed E-state index contributed by atoms with van der Waals surface area (Å²) in [5, 5.41) is 9.37. The number of nitrogens with one attached hydrogen (secondary N) is 1. The second-order valence-corrected chi connectivity index (χ2v) is 6.27. The van der Waals surface area contributed by atoms with E-state index in [0.29, 0.717) is 12.0 Å². The minimum absolute atomic E-state index is 0.476. The van der Waals surface area contributed by atoms with Gasteiger partial charge in [-0.05, 0) is 44.8 Å². The molecule has 1 aliphatic heterocycles. The Balaban J connectivity index is 1.92. The lowest BCUT2D eigenvalue weighted by molar-refractivity contribution is 0.315. The Bertz CT molecular complexity index is 522. The summed E-state index contributed by atoms with van der Waals surface area (Å²) in [5.41, 5.74) is 6.93. The van der Waals surface area contributed by atoms with Gasteiger partial charge >= 0.3 is 0 Å². The van der Waals surface area contributed by atoms with Crippen molar-refractivity contribution < 1.29 is 0 Å². The van der Waals surface area contributed by atoms with Gasteiger partial charge in [0.25, 0.3) is 0 Å². The van der Waals surface area contributed by atoms with Crippen LogP contribution in [-0.2, 0) is 7.05 Å². The van der Waals surface area contributed by atoms with Crippen LogP contribution in [0.4, 0.5) is 0 Å². The van der Waals surface area contributed by atoms with Crippen molar-refractivity contribution in [2.45, 2.75) is 25.8 Å². The van der Waals surface area contributed by atoms with Crippen LogP contribution in [0.15, 0.2) is 6.07 Å². The first-order valence-electron chi connectivity index (χ1n) is 6.55. The zero-order chi connectivity index (χ0) is 12.7. The van der Waals surface area contributed by atoms with Crippen LogP contribution in [0, 0.1) is 12.8 Å². The molecule has 0 amide bonds. The van der Waals surface area contributed by atoms with Crippen molar-refractivity contribution in [2.24, 2.45) is 18.7 Å². The fraction of sp³-hybridized carbons (Fsp3) is 0.615. The lowest BCUT2D eigenvalue weighted by Gasteiger charge is -2.28. The van der Waals surface area contributed by atoms with Crippen LogP contribution in [-0.4, -0.2) is 22.9 Å². The van der Waals surface area contributed by atoms with Crippen molar-refractivity contribution in [2.75, 3.05) is 13.1 Å². The van der Waals surface area contributed by atoms with Gasteiger partial charge in [0, 0.05) is 23.4 Å². The molecule has 1 saturated heterocycles. The normalized spacial score (nSPS) is 24.8. The molecule has 1 fully saturated rings. The maximum atomic E-state index is 5.81. The molecule has 2 aromatic rings. The van der Waals surface area contributed by atoms with Gasteiger partial charge < -0.3 is 11.1 Å². The summed E-state index contributed by atoms with van der Waals surface area (Å²) in [7, 11) is 2.02. The summed E-state index contributed by atoms with van der Waals surface area (Å²) in [6.07, 6.45) is 2.37. The van der Waals surface area contributed by atoms with Crippen LogP contribution in [0.25, 0.3) is 10.2 Å². The first-order valence-corrected chi connectivity index (χ1v) is 7.37. The standard InChI is InChI=1S/C13H20N4S/c1-8-10-6-12(18-13(10)17(2)16-8)11-5-9(7-14)3-4-15-11/h6,9,11,15H,3-5,7,14H2,1-2H3. The molecule has 2 atom stereocenters. The van der Waals surface area contributed by atoms with Gasteiger partial charge in [0.15, 0.2) is 0 Å². The number of thiophene rings is 1. The Morgan fingerprint density at radius 1 is 1.61 bits per heavy atom. The lowest BCUT2D eigenvalue weighted by atomic mass is 9.92. The second-order valence-electron chi connectivity index (χ2n) is 5.21. The van der Waals surface area contributed by atoms with Crippen LogP contribution in [0.3, 0.4) is 0 Å². The Labute approximate surface area is 111 Å². The Hall–Kier alpha value is -0.910. The van der Waals surface area contributed by atoms with Gasteiger partial charge in [-0.25, -0.2) is 0 Å². The number of hydrogen-bond donors (Lipinski definition) is 2. The number of hydrogen-bond acceptors (Lipinski definition) is 4. The van der Waals surface area contributed by atoms with E-state index in [9.17, 15) is 0 Å². The molecular formula is C13H20N4S. The molecule has 2 unspecified atom stereocenters. The van der Waals surface area contributed by atoms with E-state index in [1.807, 2.05) is 23.1 Å². The second kappa shape index (κ2) is 4.64. The van der Waals surface area contributed by atoms with Crippen LogP contribution in [0.2, 0.25) is 0 Å². The molecule has 5 heteroatoms. The van der Waals surface area contributed by atoms with Gasteiger partial charge in [0.2, 0.25) is 0 Å². The summed E-state index contributed by atoms with van der Waals surface area (Å²) >= 11 is 1.86. The van der Waals surface area contributed by atoms with Gasteiger partial charge in [0.05, 0.1) is 5.69 Å². The molecule has 0 aliphatic carbocycles. The number of fused-ring (bicyclic) bond motifs is 1. The van der Waals surface area contributed by atoms with Crippen molar-refractivity contribution in [3.05, 3.63) is 16.6 Å². The minimum atomic E-state index is 0.476. The summed E-state index contributed by atoms with van der Waals surface area (Å²) < 4.78 is 1.99. The van der Waals surface area contributed by atoms with Crippen molar-refractivity contribution in [3.8, 4) is 0 Å². The number of nitrogens with zero attached hydrogens (tertiary/aromatic N) is 2. The first kappa shape index (κ1) is 12.1. The number of piperidine rings is 1. The highest BCUT2D eigenvalue weighted by molar-refractivity contribution is 7.18. The predicted molar refractivity (Wildman–Crippen MR) is 75.9 cm³/mol. The average molecular weight is 264 g/mol. The maximum absolute atomic E-state index is 5.81. The lowest BCUT2D eigenvalue weighted by Crippen LogP contribution is -2.34. The average Bonchev–Trinajstić information content (AvgIpc) is 2.93. The highest BCUT2D eigenvalue weighted by Gasteiger charge is 2.24. The van der Waals surface area contributed by atoms with Crippen LogP contribution >= 0.6 is 11.3 Å². The fourth-order valence-electron chi connectivity index (χ4n) is 2.82. The van der Waals surface area contributed by atoms with Crippen LogP contribution in [0.5, 0.6) is 0 Å². The molecule has 4 nitrogen and oxygen atoms in total. The van der Waals surface area contributed by atoms with Crippen LogP contribution < -0.4 is 11.1 Å². The summed E-state index contributed by atoms with van der Waals surface area (Å²) in [4.78, 5) is 2.71. The van der Waals surface area contributed by atoms with Crippen molar-refractivity contribution in [3.63, 3.8) is 0 Å². The molecule has 3 N–H and O–H groups in total. The molecular weight excluding hydrogens is 244 g/mol. The first-order chi connectivity index (χ1) is 8.69. The Morgan fingerprint density at radius 3 is 3.17 bits per heavy atom. The Kier molecular flexibility index (Phi) is 3.13. The molecule has 2 aromatic heterocycles. The molecule has 3 heterocycles. The predicted octanol–water partition coefficient (Wildman–Crippen LogP) is 1.94. The van der Waals surface area contributed by atoms with E-state index in [1.165, 1.54) is 21.5 Å². The van der Waals surface area contributed by atoms with E-state index < -0.39 is 0 Å². The number of nitrogens with two attached hydrogens (primary N) is 1. The minimum Gasteiger partial charge on any atom is -0.330 e. The molecule has 0 aromatic carbocycles. The van der Waals surface area contributed by atoms with E-state index in [4.69, 9.17) is 5.73 Å². The molecule has 98 valence electrons. The highest BCUT2D eigenvalue weighted by atomic mass is 32.1. The smallest absolute Gasteiger partial charge is 0.121 e. The monoisotopic (exact) mass is 264 g/mol. The maximum Gasteiger partial charge on any atom is 0.121 e. The molecule has 3 rings (SSSR count). The quantitative estimate of drug-likeness (QED) is 0.871. The van der Waals surface area contributed by atoms with E-state index >= 15 is 0 Å². The molecule has 18 heavy (non-hydrogen) atoms. The van der Waals surface area contributed by atoms with E-state index in [2.05, 4.69) is 23.4 Å². The highest BCUT2D eigenvalue weighted by Crippen LogP contribution is 2.35. The molecule has 1 aliphatic rings. The third-order valence-corrected chi connectivity index (χ3v) is 5.22. The summed E-state index contributed by atoms with van der Waals surface area (Å²) in [6.45, 7) is 3.97. The molecule has 0 spiro atoms.